The molecular weight excluding hydrogens is 140 g/mol. The van der Waals surface area contributed by atoms with Crippen molar-refractivity contribution in [1.29, 1.82) is 0 Å². The highest BCUT2D eigenvalue weighted by atomic mass is 16.3. The Kier molecular flexibility index (Phi) is 2.86. The fourth-order valence-corrected chi connectivity index (χ4v) is 0.892. The van der Waals surface area contributed by atoms with E-state index in [2.05, 4.69) is 4.98 Å². The van der Waals surface area contributed by atoms with Crippen molar-refractivity contribution < 1.29 is 10.1 Å². The molecule has 0 fully saturated rings. The summed E-state index contributed by atoms with van der Waals surface area (Å²) in [6, 6.07) is 5.85. The number of anilines is 1. The van der Waals surface area contributed by atoms with Crippen LogP contribution >= 0.6 is 0 Å². The normalized spacial score (nSPS) is 9.64. The van der Waals surface area contributed by atoms with Crippen molar-refractivity contribution in [2.45, 2.75) is 0 Å². The standard InChI is InChI=1S/C8H12N2O/c1-10(6-7-11)8-4-2-3-5-9-8/h2-5,11H,6-7H2,1H3/p+1. The van der Waals surface area contributed by atoms with Crippen molar-refractivity contribution in [3.63, 3.8) is 0 Å². The summed E-state index contributed by atoms with van der Waals surface area (Å²) in [6.07, 6.45) is 1.86. The van der Waals surface area contributed by atoms with Crippen molar-refractivity contribution in [3.8, 4) is 0 Å². The van der Waals surface area contributed by atoms with E-state index in [9.17, 15) is 0 Å². The Balaban J connectivity index is 2.61. The minimum absolute atomic E-state index is 0.180. The zero-order chi connectivity index (χ0) is 8.10. The van der Waals surface area contributed by atoms with E-state index in [0.717, 1.165) is 5.82 Å². The van der Waals surface area contributed by atoms with Crippen molar-refractivity contribution >= 4 is 5.82 Å². The average molecular weight is 153 g/mol. The van der Waals surface area contributed by atoms with E-state index in [4.69, 9.17) is 5.11 Å². The van der Waals surface area contributed by atoms with Gasteiger partial charge >= 0.3 is 0 Å². The molecule has 0 amide bonds. The lowest BCUT2D eigenvalue weighted by atomic mass is 10.4. The third-order valence-corrected chi connectivity index (χ3v) is 1.54. The molecule has 0 spiro atoms. The van der Waals surface area contributed by atoms with Crippen LogP contribution in [0.5, 0.6) is 0 Å². The molecule has 0 bridgehead atoms. The molecule has 0 aliphatic carbocycles. The molecule has 3 nitrogen and oxygen atoms in total. The minimum atomic E-state index is 0.180. The maximum absolute atomic E-state index is 8.64. The van der Waals surface area contributed by atoms with E-state index >= 15 is 0 Å². The second kappa shape index (κ2) is 3.93. The summed E-state index contributed by atoms with van der Waals surface area (Å²) in [5.41, 5.74) is 0. The molecule has 0 aliphatic heterocycles. The molecule has 11 heavy (non-hydrogen) atoms. The third-order valence-electron chi connectivity index (χ3n) is 1.54. The number of pyridine rings is 1. The largest absolute Gasteiger partial charge is 0.392 e. The predicted octanol–water partition coefficient (Wildman–Crippen LogP) is -0.0708. The van der Waals surface area contributed by atoms with Gasteiger partial charge < -0.3 is 5.11 Å². The van der Waals surface area contributed by atoms with Gasteiger partial charge in [-0.2, -0.15) is 0 Å². The molecule has 1 rings (SSSR count). The molecule has 60 valence electrons. The molecule has 0 saturated carbocycles. The van der Waals surface area contributed by atoms with Gasteiger partial charge in [-0.25, -0.2) is 4.98 Å². The number of hydrogen-bond acceptors (Lipinski definition) is 2. The number of aliphatic hydroxyl groups is 1. The monoisotopic (exact) mass is 153 g/mol. The summed E-state index contributed by atoms with van der Waals surface area (Å²) >= 11 is 0. The smallest absolute Gasteiger partial charge is 0.274 e. The van der Waals surface area contributed by atoms with Gasteiger partial charge in [0, 0.05) is 6.07 Å². The van der Waals surface area contributed by atoms with Gasteiger partial charge in [-0.15, -0.1) is 0 Å². The van der Waals surface area contributed by atoms with Crippen LogP contribution in [-0.2, 0) is 0 Å². The summed E-state index contributed by atoms with van der Waals surface area (Å²) < 4.78 is 0. The number of nitrogens with zero attached hydrogens (tertiary/aromatic N) is 1. The van der Waals surface area contributed by atoms with Crippen LogP contribution in [-0.4, -0.2) is 25.3 Å². The lowest BCUT2D eigenvalue weighted by molar-refractivity contribution is -0.363. The fraction of sp³-hybridized carbons (Fsp3) is 0.375. The number of hydrogen-bond donors (Lipinski definition) is 1. The highest BCUT2D eigenvalue weighted by Crippen LogP contribution is 2.00. The Labute approximate surface area is 66.3 Å². The maximum atomic E-state index is 8.64. The minimum Gasteiger partial charge on any atom is -0.392 e. The summed E-state index contributed by atoms with van der Waals surface area (Å²) in [5, 5.41) is 8.64. The Morgan fingerprint density at radius 2 is 2.36 bits per heavy atom. The molecule has 1 aromatic heterocycles. The van der Waals surface area contributed by atoms with Crippen LogP contribution in [0.4, 0.5) is 5.82 Å². The van der Waals surface area contributed by atoms with Crippen LogP contribution in [0, 0.1) is 0 Å². The second-order valence-corrected chi connectivity index (χ2v) is 2.39. The van der Waals surface area contributed by atoms with Gasteiger partial charge in [0.2, 0.25) is 0 Å². The Bertz CT molecular complexity index is 201. The number of nitrogens with one attached hydrogen (secondary N) is 1. The SMILES string of the molecule is CN(CCO)c1cccc[nH+]1. The van der Waals surface area contributed by atoms with E-state index in [-0.39, 0.29) is 6.61 Å². The molecule has 0 saturated heterocycles. The van der Waals surface area contributed by atoms with Gasteiger partial charge in [-0.05, 0) is 6.07 Å². The van der Waals surface area contributed by atoms with Crippen molar-refractivity contribution in [2.75, 3.05) is 25.1 Å². The molecule has 3 heteroatoms. The molecule has 0 unspecified atom stereocenters. The second-order valence-electron chi connectivity index (χ2n) is 2.39. The molecule has 0 aliphatic rings. The van der Waals surface area contributed by atoms with E-state index in [0.29, 0.717) is 6.54 Å². The highest BCUT2D eigenvalue weighted by molar-refractivity contribution is 5.29. The van der Waals surface area contributed by atoms with Gasteiger partial charge in [-0.1, -0.05) is 6.07 Å². The first-order chi connectivity index (χ1) is 5.34. The lowest BCUT2D eigenvalue weighted by Crippen LogP contribution is -2.27. The van der Waals surface area contributed by atoms with Crippen molar-refractivity contribution in [2.24, 2.45) is 0 Å². The molecule has 2 N–H and O–H groups in total. The van der Waals surface area contributed by atoms with Crippen LogP contribution in [0.3, 0.4) is 0 Å². The number of likely N-dealkylation sites (N-methyl/N-ethyl adjacent to an activating group) is 1. The number of aliphatic hydroxyl groups excluding tert-OH is 1. The zero-order valence-corrected chi connectivity index (χ0v) is 6.62. The van der Waals surface area contributed by atoms with Gasteiger partial charge in [-0.3, -0.25) is 4.90 Å². The topological polar surface area (TPSA) is 37.6 Å². The number of aromatic nitrogens is 1. The van der Waals surface area contributed by atoms with Crippen LogP contribution in [0.25, 0.3) is 0 Å². The predicted molar refractivity (Wildman–Crippen MR) is 43.4 cm³/mol. The first-order valence-electron chi connectivity index (χ1n) is 3.63. The van der Waals surface area contributed by atoms with Crippen LogP contribution in [0.2, 0.25) is 0 Å². The molecule has 0 aromatic carbocycles. The Morgan fingerprint density at radius 1 is 1.55 bits per heavy atom. The lowest BCUT2D eigenvalue weighted by Gasteiger charge is -2.07. The highest BCUT2D eigenvalue weighted by Gasteiger charge is 2.05. The summed E-state index contributed by atoms with van der Waals surface area (Å²) in [4.78, 5) is 5.03. The van der Waals surface area contributed by atoms with Crippen molar-refractivity contribution in [1.82, 2.24) is 0 Å². The third kappa shape index (κ3) is 2.20. The number of rotatable bonds is 3. The van der Waals surface area contributed by atoms with E-state index < -0.39 is 0 Å². The molecular formula is C8H13N2O+. The Morgan fingerprint density at radius 3 is 2.91 bits per heavy atom. The van der Waals surface area contributed by atoms with Crippen LogP contribution in [0.1, 0.15) is 0 Å². The maximum Gasteiger partial charge on any atom is 0.274 e. The summed E-state index contributed by atoms with van der Waals surface area (Å²) in [6.45, 7) is 0.833. The summed E-state index contributed by atoms with van der Waals surface area (Å²) in [7, 11) is 1.93. The van der Waals surface area contributed by atoms with Gasteiger partial charge in [0.15, 0.2) is 0 Å². The Hall–Kier alpha value is -1.09. The molecule has 0 atom stereocenters. The van der Waals surface area contributed by atoms with Crippen LogP contribution in [0.15, 0.2) is 24.4 Å². The van der Waals surface area contributed by atoms with Gasteiger partial charge in [0.1, 0.15) is 6.54 Å². The van der Waals surface area contributed by atoms with E-state index in [1.54, 1.807) is 0 Å². The molecule has 1 heterocycles. The zero-order valence-electron chi connectivity index (χ0n) is 6.62. The van der Waals surface area contributed by atoms with Crippen molar-refractivity contribution in [3.05, 3.63) is 24.4 Å². The van der Waals surface area contributed by atoms with Crippen LogP contribution < -0.4 is 9.88 Å². The average Bonchev–Trinajstić information content (AvgIpc) is 2.07. The van der Waals surface area contributed by atoms with Gasteiger partial charge in [0.05, 0.1) is 19.9 Å². The van der Waals surface area contributed by atoms with Gasteiger partial charge in [0.25, 0.3) is 5.82 Å². The summed E-state index contributed by atoms with van der Waals surface area (Å²) in [5.74, 6) is 1.02. The van der Waals surface area contributed by atoms with E-state index in [1.165, 1.54) is 0 Å². The number of H-pyrrole nitrogens is 1. The first-order valence-corrected chi connectivity index (χ1v) is 3.63. The number of aromatic amines is 1. The first kappa shape index (κ1) is 8.01. The molecule has 1 aromatic rings. The van der Waals surface area contributed by atoms with E-state index in [1.807, 2.05) is 36.3 Å². The molecule has 0 radical (unpaired) electrons. The fourth-order valence-electron chi connectivity index (χ4n) is 0.892. The quantitative estimate of drug-likeness (QED) is 0.660.